The molecule has 0 saturated heterocycles. The molecule has 0 aliphatic heterocycles. The van der Waals surface area contributed by atoms with Crippen molar-refractivity contribution in [3.8, 4) is 5.75 Å². The summed E-state index contributed by atoms with van der Waals surface area (Å²) in [6.45, 7) is 3.21. The average Bonchev–Trinajstić information content (AvgIpc) is 2.52. The molecule has 0 aliphatic carbocycles. The molecule has 0 spiro atoms. The molecule has 1 aromatic heterocycles. The maximum Gasteiger partial charge on any atom is 0.269 e. The predicted octanol–water partition coefficient (Wildman–Crippen LogP) is 2.72. The molecule has 0 radical (unpaired) electrons. The standard InChI is InChI=1S/C15H17N3O3/c1-12(13-4-6-14(7-5-13)18(19)20)17-9-10-21-15-3-2-8-16-11-15/h2-8,11-12,17H,9-10H2,1H3/t12-/m0/s1. The molecule has 2 rings (SSSR count). The lowest BCUT2D eigenvalue weighted by molar-refractivity contribution is -0.384. The fourth-order valence-corrected chi connectivity index (χ4v) is 1.88. The van der Waals surface area contributed by atoms with Crippen LogP contribution >= 0.6 is 0 Å². The molecule has 1 N–H and O–H groups in total. The van der Waals surface area contributed by atoms with Crippen molar-refractivity contribution in [1.82, 2.24) is 10.3 Å². The van der Waals surface area contributed by atoms with E-state index in [1.54, 1.807) is 24.5 Å². The van der Waals surface area contributed by atoms with Crippen molar-refractivity contribution in [2.45, 2.75) is 13.0 Å². The van der Waals surface area contributed by atoms with Crippen molar-refractivity contribution >= 4 is 5.69 Å². The Kier molecular flexibility index (Phi) is 5.22. The van der Waals surface area contributed by atoms with E-state index in [1.807, 2.05) is 19.1 Å². The van der Waals surface area contributed by atoms with Crippen LogP contribution in [0.1, 0.15) is 18.5 Å². The van der Waals surface area contributed by atoms with E-state index in [4.69, 9.17) is 4.74 Å². The zero-order valence-electron chi connectivity index (χ0n) is 11.7. The average molecular weight is 287 g/mol. The van der Waals surface area contributed by atoms with Crippen molar-refractivity contribution < 1.29 is 9.66 Å². The first kappa shape index (κ1) is 14.9. The van der Waals surface area contributed by atoms with E-state index in [9.17, 15) is 10.1 Å². The molecule has 0 amide bonds. The first-order valence-corrected chi connectivity index (χ1v) is 6.67. The molecule has 0 fully saturated rings. The van der Waals surface area contributed by atoms with Crippen molar-refractivity contribution in [2.75, 3.05) is 13.2 Å². The SMILES string of the molecule is C[C@H](NCCOc1cccnc1)c1ccc([N+](=O)[O-])cc1. The van der Waals surface area contributed by atoms with Gasteiger partial charge in [0.25, 0.3) is 5.69 Å². The molecule has 110 valence electrons. The van der Waals surface area contributed by atoms with Crippen LogP contribution in [0.3, 0.4) is 0 Å². The summed E-state index contributed by atoms with van der Waals surface area (Å²) in [5.41, 5.74) is 1.10. The smallest absolute Gasteiger partial charge is 0.269 e. The monoisotopic (exact) mass is 287 g/mol. The van der Waals surface area contributed by atoms with E-state index in [-0.39, 0.29) is 11.7 Å². The maximum atomic E-state index is 10.6. The van der Waals surface area contributed by atoms with Gasteiger partial charge in [-0.1, -0.05) is 12.1 Å². The third-order valence-corrected chi connectivity index (χ3v) is 3.06. The highest BCUT2D eigenvalue weighted by molar-refractivity contribution is 5.34. The molecule has 0 bridgehead atoms. The van der Waals surface area contributed by atoms with Gasteiger partial charge in [0.2, 0.25) is 0 Å². The number of benzene rings is 1. The number of aromatic nitrogens is 1. The number of pyridine rings is 1. The van der Waals surface area contributed by atoms with Gasteiger partial charge in [0, 0.05) is 30.9 Å². The minimum Gasteiger partial charge on any atom is -0.491 e. The van der Waals surface area contributed by atoms with E-state index in [1.165, 1.54) is 12.1 Å². The van der Waals surface area contributed by atoms with Crippen LogP contribution < -0.4 is 10.1 Å². The normalized spacial score (nSPS) is 11.9. The van der Waals surface area contributed by atoms with Gasteiger partial charge in [-0.25, -0.2) is 0 Å². The highest BCUT2D eigenvalue weighted by Crippen LogP contribution is 2.17. The van der Waals surface area contributed by atoms with Gasteiger partial charge < -0.3 is 10.1 Å². The van der Waals surface area contributed by atoms with Gasteiger partial charge >= 0.3 is 0 Å². The van der Waals surface area contributed by atoms with E-state index >= 15 is 0 Å². The van der Waals surface area contributed by atoms with Gasteiger partial charge in [-0.15, -0.1) is 0 Å². The number of non-ortho nitro benzene ring substituents is 1. The number of hydrogen-bond acceptors (Lipinski definition) is 5. The quantitative estimate of drug-likeness (QED) is 0.481. The molecule has 0 unspecified atom stereocenters. The fourth-order valence-electron chi connectivity index (χ4n) is 1.88. The van der Waals surface area contributed by atoms with Gasteiger partial charge in [0.05, 0.1) is 11.1 Å². The van der Waals surface area contributed by atoms with Crippen LogP contribution in [0.25, 0.3) is 0 Å². The second kappa shape index (κ2) is 7.35. The molecule has 1 heterocycles. The maximum absolute atomic E-state index is 10.6. The fraction of sp³-hybridized carbons (Fsp3) is 0.267. The number of hydrogen-bond donors (Lipinski definition) is 1. The summed E-state index contributed by atoms with van der Waals surface area (Å²) < 4.78 is 5.53. The Morgan fingerprint density at radius 3 is 2.71 bits per heavy atom. The van der Waals surface area contributed by atoms with Crippen molar-refractivity contribution in [3.05, 3.63) is 64.5 Å². The second-order valence-electron chi connectivity index (χ2n) is 4.56. The molecule has 6 heteroatoms. The van der Waals surface area contributed by atoms with Gasteiger partial charge in [-0.3, -0.25) is 15.1 Å². The number of rotatable bonds is 7. The Balaban J connectivity index is 1.76. The van der Waals surface area contributed by atoms with Crippen LogP contribution in [-0.4, -0.2) is 23.1 Å². The first-order valence-electron chi connectivity index (χ1n) is 6.67. The largest absolute Gasteiger partial charge is 0.491 e. The summed E-state index contributed by atoms with van der Waals surface area (Å²) in [6.07, 6.45) is 3.36. The predicted molar refractivity (Wildman–Crippen MR) is 79.2 cm³/mol. The Labute approximate surface area is 122 Å². The van der Waals surface area contributed by atoms with Crippen LogP contribution in [0, 0.1) is 10.1 Å². The van der Waals surface area contributed by atoms with Crippen molar-refractivity contribution in [1.29, 1.82) is 0 Å². The van der Waals surface area contributed by atoms with Crippen LogP contribution in [0.5, 0.6) is 5.75 Å². The Morgan fingerprint density at radius 1 is 1.33 bits per heavy atom. The third-order valence-electron chi connectivity index (χ3n) is 3.06. The van der Waals surface area contributed by atoms with Gasteiger partial charge in [0.15, 0.2) is 0 Å². The topological polar surface area (TPSA) is 77.3 Å². The zero-order chi connectivity index (χ0) is 15.1. The summed E-state index contributed by atoms with van der Waals surface area (Å²) in [4.78, 5) is 14.2. The number of nitro benzene ring substituents is 1. The van der Waals surface area contributed by atoms with E-state index in [0.29, 0.717) is 13.2 Å². The van der Waals surface area contributed by atoms with Crippen LogP contribution in [-0.2, 0) is 0 Å². The van der Waals surface area contributed by atoms with E-state index in [0.717, 1.165) is 11.3 Å². The molecule has 1 aromatic carbocycles. The van der Waals surface area contributed by atoms with Crippen molar-refractivity contribution in [3.63, 3.8) is 0 Å². The molecule has 21 heavy (non-hydrogen) atoms. The van der Waals surface area contributed by atoms with Crippen LogP contribution in [0.4, 0.5) is 5.69 Å². The molecular formula is C15H17N3O3. The minimum absolute atomic E-state index is 0.100. The number of nitro groups is 1. The number of ether oxygens (including phenoxy) is 1. The molecule has 0 aliphatic rings. The van der Waals surface area contributed by atoms with Crippen LogP contribution in [0.15, 0.2) is 48.8 Å². The Bertz CT molecular complexity index is 572. The van der Waals surface area contributed by atoms with Gasteiger partial charge in [-0.2, -0.15) is 0 Å². The van der Waals surface area contributed by atoms with E-state index < -0.39 is 4.92 Å². The highest BCUT2D eigenvalue weighted by atomic mass is 16.6. The second-order valence-corrected chi connectivity index (χ2v) is 4.56. The molecular weight excluding hydrogens is 270 g/mol. The Hall–Kier alpha value is -2.47. The lowest BCUT2D eigenvalue weighted by atomic mass is 10.1. The summed E-state index contributed by atoms with van der Waals surface area (Å²) in [7, 11) is 0. The van der Waals surface area contributed by atoms with E-state index in [2.05, 4.69) is 10.3 Å². The number of nitrogens with zero attached hydrogens (tertiary/aromatic N) is 2. The molecule has 2 aromatic rings. The van der Waals surface area contributed by atoms with Crippen LogP contribution in [0.2, 0.25) is 0 Å². The lowest BCUT2D eigenvalue weighted by Crippen LogP contribution is -2.24. The zero-order valence-corrected chi connectivity index (χ0v) is 11.7. The Morgan fingerprint density at radius 2 is 2.10 bits per heavy atom. The molecule has 6 nitrogen and oxygen atoms in total. The van der Waals surface area contributed by atoms with Gasteiger partial charge in [0.1, 0.15) is 12.4 Å². The third kappa shape index (κ3) is 4.54. The first-order chi connectivity index (χ1) is 10.2. The number of nitrogens with one attached hydrogen (secondary N) is 1. The summed E-state index contributed by atoms with van der Waals surface area (Å²) in [6, 6.07) is 10.3. The van der Waals surface area contributed by atoms with Gasteiger partial charge in [-0.05, 0) is 24.6 Å². The summed E-state index contributed by atoms with van der Waals surface area (Å²) in [5, 5.41) is 13.9. The lowest BCUT2D eigenvalue weighted by Gasteiger charge is -2.14. The summed E-state index contributed by atoms with van der Waals surface area (Å²) >= 11 is 0. The summed E-state index contributed by atoms with van der Waals surface area (Å²) in [5.74, 6) is 0.738. The minimum atomic E-state index is -0.399. The van der Waals surface area contributed by atoms with Crippen molar-refractivity contribution in [2.24, 2.45) is 0 Å². The molecule has 0 saturated carbocycles. The highest BCUT2D eigenvalue weighted by Gasteiger charge is 2.08. The molecule has 1 atom stereocenters.